The average molecular weight is 279 g/mol. The summed E-state index contributed by atoms with van der Waals surface area (Å²) in [6, 6.07) is 15.6. The lowest BCUT2D eigenvalue weighted by atomic mass is 10.1. The molecule has 0 aliphatic rings. The fourth-order valence-electron chi connectivity index (χ4n) is 2.40. The van der Waals surface area contributed by atoms with Gasteiger partial charge in [-0.25, -0.2) is 4.98 Å². The first-order valence-electron chi connectivity index (χ1n) is 6.74. The lowest BCUT2D eigenvalue weighted by molar-refractivity contribution is 0.834. The van der Waals surface area contributed by atoms with Crippen LogP contribution in [0.5, 0.6) is 0 Å². The smallest absolute Gasteiger partial charge is 0.128 e. The lowest BCUT2D eigenvalue weighted by Gasteiger charge is -2.10. The molecule has 0 atom stereocenters. The van der Waals surface area contributed by atoms with Crippen LogP contribution >= 0.6 is 0 Å². The molecule has 0 aliphatic heterocycles. The van der Waals surface area contributed by atoms with Gasteiger partial charge in [0, 0.05) is 18.3 Å². The predicted octanol–water partition coefficient (Wildman–Crippen LogP) is 2.47. The van der Waals surface area contributed by atoms with Crippen LogP contribution in [0.1, 0.15) is 11.4 Å². The first-order valence-corrected chi connectivity index (χ1v) is 6.74. The number of anilines is 1. The molecule has 3 rings (SSSR count). The summed E-state index contributed by atoms with van der Waals surface area (Å²) < 4.78 is 2.07. The Kier molecular flexibility index (Phi) is 3.31. The van der Waals surface area contributed by atoms with E-state index in [1.54, 1.807) is 0 Å². The maximum absolute atomic E-state index is 7.61. The summed E-state index contributed by atoms with van der Waals surface area (Å²) in [5, 5.41) is 10.9. The van der Waals surface area contributed by atoms with Crippen LogP contribution in [0.4, 0.5) is 5.69 Å². The number of aromatic nitrogens is 2. The Morgan fingerprint density at radius 2 is 1.90 bits per heavy atom. The molecule has 0 saturated carbocycles. The Labute approximate surface area is 122 Å². The second-order valence-corrected chi connectivity index (χ2v) is 4.89. The molecule has 3 aromatic rings. The molecule has 106 valence electrons. The number of para-hydroxylation sites is 3. The molecule has 2 aromatic carbocycles. The van der Waals surface area contributed by atoms with Crippen LogP contribution < -0.4 is 11.1 Å². The van der Waals surface area contributed by atoms with Gasteiger partial charge in [0.05, 0.1) is 17.6 Å². The summed E-state index contributed by atoms with van der Waals surface area (Å²) in [7, 11) is 2.00. The standard InChI is InChI=1S/C16H17N5/c1-21-14-9-5-4-8-13(14)20-15(21)10-19-12-7-3-2-6-11(12)16(17)18/h2-9,19H,10H2,1H3,(H3,17,18). The van der Waals surface area contributed by atoms with Crippen molar-refractivity contribution in [3.05, 3.63) is 59.9 Å². The van der Waals surface area contributed by atoms with Crippen molar-refractivity contribution in [3.63, 3.8) is 0 Å². The summed E-state index contributed by atoms with van der Waals surface area (Å²) in [6.07, 6.45) is 0. The molecule has 4 N–H and O–H groups in total. The molecule has 0 radical (unpaired) electrons. The first-order chi connectivity index (χ1) is 10.2. The summed E-state index contributed by atoms with van der Waals surface area (Å²) >= 11 is 0. The third-order valence-electron chi connectivity index (χ3n) is 3.53. The molecular formula is C16H17N5. The van der Waals surface area contributed by atoms with E-state index in [-0.39, 0.29) is 5.84 Å². The van der Waals surface area contributed by atoms with Crippen LogP contribution in [0.3, 0.4) is 0 Å². The van der Waals surface area contributed by atoms with Gasteiger partial charge < -0.3 is 15.6 Å². The molecule has 0 saturated heterocycles. The number of hydrogen-bond acceptors (Lipinski definition) is 3. The van der Waals surface area contributed by atoms with E-state index in [4.69, 9.17) is 11.1 Å². The molecule has 0 fully saturated rings. The van der Waals surface area contributed by atoms with Crippen molar-refractivity contribution < 1.29 is 0 Å². The van der Waals surface area contributed by atoms with Crippen molar-refractivity contribution in [2.75, 3.05) is 5.32 Å². The number of nitrogens with one attached hydrogen (secondary N) is 2. The molecule has 0 spiro atoms. The number of nitrogens with two attached hydrogens (primary N) is 1. The Balaban J connectivity index is 1.87. The van der Waals surface area contributed by atoms with E-state index in [2.05, 4.69) is 20.9 Å². The van der Waals surface area contributed by atoms with Crippen molar-refractivity contribution in [2.24, 2.45) is 12.8 Å². The van der Waals surface area contributed by atoms with Gasteiger partial charge in [-0.1, -0.05) is 24.3 Å². The van der Waals surface area contributed by atoms with Crippen LogP contribution in [0.2, 0.25) is 0 Å². The topological polar surface area (TPSA) is 79.7 Å². The molecule has 21 heavy (non-hydrogen) atoms. The van der Waals surface area contributed by atoms with Gasteiger partial charge in [0.25, 0.3) is 0 Å². The number of imidazole rings is 1. The third kappa shape index (κ3) is 2.45. The van der Waals surface area contributed by atoms with Gasteiger partial charge in [0.1, 0.15) is 11.7 Å². The van der Waals surface area contributed by atoms with E-state index >= 15 is 0 Å². The van der Waals surface area contributed by atoms with Crippen LogP contribution in [-0.4, -0.2) is 15.4 Å². The molecule has 1 heterocycles. The van der Waals surface area contributed by atoms with Crippen LogP contribution in [0.25, 0.3) is 11.0 Å². The van der Waals surface area contributed by atoms with Crippen molar-refractivity contribution >= 4 is 22.6 Å². The summed E-state index contributed by atoms with van der Waals surface area (Å²) in [5.41, 5.74) is 9.24. The van der Waals surface area contributed by atoms with Crippen molar-refractivity contribution in [1.82, 2.24) is 9.55 Å². The fraction of sp³-hybridized carbons (Fsp3) is 0.125. The highest BCUT2D eigenvalue weighted by molar-refractivity contribution is 6.00. The van der Waals surface area contributed by atoms with Gasteiger partial charge in [-0.05, 0) is 24.3 Å². The molecule has 0 unspecified atom stereocenters. The van der Waals surface area contributed by atoms with Crippen molar-refractivity contribution in [3.8, 4) is 0 Å². The van der Waals surface area contributed by atoms with Crippen LogP contribution in [0, 0.1) is 5.41 Å². The molecule has 5 nitrogen and oxygen atoms in total. The number of nitrogens with zero attached hydrogens (tertiary/aromatic N) is 2. The van der Waals surface area contributed by atoms with Crippen LogP contribution in [-0.2, 0) is 13.6 Å². The second-order valence-electron chi connectivity index (χ2n) is 4.89. The third-order valence-corrected chi connectivity index (χ3v) is 3.53. The summed E-state index contributed by atoms with van der Waals surface area (Å²) in [6.45, 7) is 0.579. The zero-order valence-electron chi connectivity index (χ0n) is 11.8. The largest absolute Gasteiger partial charge is 0.384 e. The minimum Gasteiger partial charge on any atom is -0.384 e. The minimum atomic E-state index is 0.0584. The minimum absolute atomic E-state index is 0.0584. The number of benzene rings is 2. The Hall–Kier alpha value is -2.82. The van der Waals surface area contributed by atoms with E-state index in [9.17, 15) is 0 Å². The quantitative estimate of drug-likeness (QED) is 0.507. The normalized spacial score (nSPS) is 10.7. The number of rotatable bonds is 4. The van der Waals surface area contributed by atoms with Gasteiger partial charge in [-0.2, -0.15) is 0 Å². The first kappa shape index (κ1) is 13.2. The second kappa shape index (κ2) is 5.28. The van der Waals surface area contributed by atoms with Gasteiger partial charge in [0.15, 0.2) is 0 Å². The molecule has 5 heteroatoms. The monoisotopic (exact) mass is 279 g/mol. The SMILES string of the molecule is Cn1c(CNc2ccccc2C(=N)N)nc2ccccc21. The number of aryl methyl sites for hydroxylation is 1. The zero-order valence-corrected chi connectivity index (χ0v) is 11.8. The van der Waals surface area contributed by atoms with Gasteiger partial charge in [-0.15, -0.1) is 0 Å². The maximum atomic E-state index is 7.61. The van der Waals surface area contributed by atoms with E-state index in [1.807, 2.05) is 49.5 Å². The van der Waals surface area contributed by atoms with E-state index < -0.39 is 0 Å². The molecular weight excluding hydrogens is 262 g/mol. The number of amidine groups is 1. The van der Waals surface area contributed by atoms with Crippen molar-refractivity contribution in [1.29, 1.82) is 5.41 Å². The maximum Gasteiger partial charge on any atom is 0.128 e. The fourth-order valence-corrected chi connectivity index (χ4v) is 2.40. The molecule has 0 bridgehead atoms. The Bertz CT molecular complexity index is 803. The number of fused-ring (bicyclic) bond motifs is 1. The molecule has 0 amide bonds. The van der Waals surface area contributed by atoms with E-state index in [0.717, 1.165) is 22.5 Å². The highest BCUT2D eigenvalue weighted by Crippen LogP contribution is 2.18. The molecule has 1 aromatic heterocycles. The predicted molar refractivity (Wildman–Crippen MR) is 85.5 cm³/mol. The highest BCUT2D eigenvalue weighted by atomic mass is 15.1. The number of nitrogen functional groups attached to an aromatic ring is 1. The summed E-state index contributed by atoms with van der Waals surface area (Å²) in [4.78, 5) is 4.62. The van der Waals surface area contributed by atoms with Gasteiger partial charge in [-0.3, -0.25) is 5.41 Å². The molecule has 0 aliphatic carbocycles. The van der Waals surface area contributed by atoms with Crippen molar-refractivity contribution in [2.45, 2.75) is 6.54 Å². The average Bonchev–Trinajstić information content (AvgIpc) is 2.82. The lowest BCUT2D eigenvalue weighted by Crippen LogP contribution is -2.15. The van der Waals surface area contributed by atoms with Gasteiger partial charge in [0.2, 0.25) is 0 Å². The Morgan fingerprint density at radius 1 is 1.19 bits per heavy atom. The Morgan fingerprint density at radius 3 is 2.67 bits per heavy atom. The zero-order chi connectivity index (χ0) is 14.8. The van der Waals surface area contributed by atoms with Gasteiger partial charge >= 0.3 is 0 Å². The van der Waals surface area contributed by atoms with Crippen LogP contribution in [0.15, 0.2) is 48.5 Å². The summed E-state index contributed by atoms with van der Waals surface area (Å²) in [5.74, 6) is 0.998. The number of hydrogen-bond donors (Lipinski definition) is 3. The van der Waals surface area contributed by atoms with E-state index in [1.165, 1.54) is 0 Å². The van der Waals surface area contributed by atoms with E-state index in [0.29, 0.717) is 12.1 Å². The highest BCUT2D eigenvalue weighted by Gasteiger charge is 2.08.